The lowest BCUT2D eigenvalue weighted by molar-refractivity contribution is -0.255. The first-order valence-electron chi connectivity index (χ1n) is 5.84. The maximum absolute atomic E-state index is 10.9. The predicted molar refractivity (Wildman–Crippen MR) is 71.3 cm³/mol. The van der Waals surface area contributed by atoms with E-state index in [4.69, 9.17) is 15.4 Å². The minimum atomic E-state index is -1.26. The molecule has 6 heteroatoms. The average molecular weight is 281 g/mol. The van der Waals surface area contributed by atoms with E-state index in [1.165, 1.54) is 18.2 Å². The fourth-order valence-electron chi connectivity index (χ4n) is 1.66. The Bertz CT molecular complexity index is 764. The second-order valence-electron chi connectivity index (χ2n) is 4.10. The number of carboxylic acid groups (broad SMARTS) is 1. The number of hydrogen-bond acceptors (Lipinski definition) is 5. The van der Waals surface area contributed by atoms with Gasteiger partial charge >= 0.3 is 0 Å². The van der Waals surface area contributed by atoms with Crippen molar-refractivity contribution in [1.29, 1.82) is 5.26 Å². The fourth-order valence-corrected chi connectivity index (χ4v) is 1.66. The first-order chi connectivity index (χ1) is 10.0. The van der Waals surface area contributed by atoms with Gasteiger partial charge in [-0.2, -0.15) is 5.26 Å². The number of benzene rings is 1. The zero-order valence-corrected chi connectivity index (χ0v) is 10.7. The van der Waals surface area contributed by atoms with Gasteiger partial charge in [0.1, 0.15) is 23.2 Å². The summed E-state index contributed by atoms with van der Waals surface area (Å²) in [5, 5.41) is 19.4. The van der Waals surface area contributed by atoms with Crippen LogP contribution < -0.4 is 10.8 Å². The SMILES string of the molecule is N#C/C(=C\c1ccc(-c2ccc(C(=O)[O-])cc2)o1)C(N)=O. The molecular formula is C15H9N2O4-. The molecule has 2 rings (SSSR count). The maximum atomic E-state index is 10.9. The molecule has 1 aromatic carbocycles. The van der Waals surface area contributed by atoms with Crippen LogP contribution in [0.5, 0.6) is 0 Å². The molecule has 0 fully saturated rings. The van der Waals surface area contributed by atoms with E-state index in [0.717, 1.165) is 0 Å². The molecule has 0 bridgehead atoms. The number of furan rings is 1. The highest BCUT2D eigenvalue weighted by atomic mass is 16.4. The molecule has 0 radical (unpaired) electrons. The van der Waals surface area contributed by atoms with Crippen LogP contribution in [0.4, 0.5) is 0 Å². The summed E-state index contributed by atoms with van der Waals surface area (Å²) >= 11 is 0. The molecule has 104 valence electrons. The summed E-state index contributed by atoms with van der Waals surface area (Å²) in [6, 6.07) is 10.8. The van der Waals surface area contributed by atoms with Gasteiger partial charge in [-0.25, -0.2) is 0 Å². The van der Waals surface area contributed by atoms with Crippen LogP contribution in [0.15, 0.2) is 46.4 Å². The van der Waals surface area contributed by atoms with Gasteiger partial charge < -0.3 is 20.1 Å². The second-order valence-corrected chi connectivity index (χ2v) is 4.10. The highest BCUT2D eigenvalue weighted by Gasteiger charge is 2.07. The van der Waals surface area contributed by atoms with Crippen LogP contribution in [-0.4, -0.2) is 11.9 Å². The van der Waals surface area contributed by atoms with E-state index in [2.05, 4.69) is 0 Å². The molecule has 0 saturated carbocycles. The predicted octanol–water partition coefficient (Wildman–Crippen LogP) is 0.702. The van der Waals surface area contributed by atoms with Gasteiger partial charge in [0.05, 0.1) is 5.97 Å². The number of amides is 1. The summed E-state index contributed by atoms with van der Waals surface area (Å²) in [4.78, 5) is 21.6. The lowest BCUT2D eigenvalue weighted by Gasteiger charge is -2.02. The van der Waals surface area contributed by atoms with Crippen molar-refractivity contribution >= 4 is 18.0 Å². The van der Waals surface area contributed by atoms with E-state index in [9.17, 15) is 14.7 Å². The molecule has 2 aromatic rings. The Balaban J connectivity index is 2.30. The van der Waals surface area contributed by atoms with Gasteiger partial charge in [0, 0.05) is 11.6 Å². The summed E-state index contributed by atoms with van der Waals surface area (Å²) in [5.74, 6) is -1.34. The Hall–Kier alpha value is -3.33. The van der Waals surface area contributed by atoms with Crippen molar-refractivity contribution in [3.63, 3.8) is 0 Å². The summed E-state index contributed by atoms with van der Waals surface area (Å²) in [6.45, 7) is 0. The molecule has 1 amide bonds. The third kappa shape index (κ3) is 3.16. The summed E-state index contributed by atoms with van der Waals surface area (Å²) in [6.07, 6.45) is 1.24. The Morgan fingerprint density at radius 2 is 1.86 bits per heavy atom. The third-order valence-electron chi connectivity index (χ3n) is 2.70. The Morgan fingerprint density at radius 1 is 1.19 bits per heavy atom. The topological polar surface area (TPSA) is 120 Å². The first-order valence-corrected chi connectivity index (χ1v) is 5.84. The molecule has 0 atom stereocenters. The highest BCUT2D eigenvalue weighted by molar-refractivity contribution is 6.00. The van der Waals surface area contributed by atoms with E-state index < -0.39 is 11.9 Å². The van der Waals surface area contributed by atoms with Gasteiger partial charge in [-0.15, -0.1) is 0 Å². The molecule has 0 aliphatic heterocycles. The lowest BCUT2D eigenvalue weighted by atomic mass is 10.1. The van der Waals surface area contributed by atoms with Crippen molar-refractivity contribution in [3.8, 4) is 17.4 Å². The first kappa shape index (κ1) is 14.1. The van der Waals surface area contributed by atoms with Gasteiger partial charge in [0.25, 0.3) is 5.91 Å². The van der Waals surface area contributed by atoms with Gasteiger partial charge in [-0.1, -0.05) is 24.3 Å². The molecule has 6 nitrogen and oxygen atoms in total. The van der Waals surface area contributed by atoms with Gasteiger partial charge in [0.15, 0.2) is 0 Å². The molecular weight excluding hydrogens is 272 g/mol. The van der Waals surface area contributed by atoms with Crippen molar-refractivity contribution in [1.82, 2.24) is 0 Å². The largest absolute Gasteiger partial charge is 0.545 e. The van der Waals surface area contributed by atoms with Crippen LogP contribution in [0.25, 0.3) is 17.4 Å². The standard InChI is InChI=1S/C15H10N2O4/c16-8-11(14(17)18)7-12-5-6-13(21-12)9-1-3-10(4-2-9)15(19)20/h1-7H,(H2,17,18)(H,19,20)/p-1/b11-7+. The molecule has 21 heavy (non-hydrogen) atoms. The minimum absolute atomic E-state index is 0.0610. The van der Waals surface area contributed by atoms with Crippen LogP contribution in [0.1, 0.15) is 16.1 Å². The number of aromatic carboxylic acids is 1. The molecule has 0 saturated heterocycles. The number of carboxylic acids is 1. The number of nitriles is 1. The summed E-state index contributed by atoms with van der Waals surface area (Å²) in [7, 11) is 0. The number of carbonyl (C=O) groups is 2. The van der Waals surface area contributed by atoms with Crippen molar-refractivity contribution < 1.29 is 19.1 Å². The van der Waals surface area contributed by atoms with Crippen molar-refractivity contribution in [3.05, 3.63) is 53.3 Å². The van der Waals surface area contributed by atoms with Crippen LogP contribution in [-0.2, 0) is 4.79 Å². The second kappa shape index (κ2) is 5.75. The zero-order chi connectivity index (χ0) is 15.4. The average Bonchev–Trinajstić information content (AvgIpc) is 2.93. The highest BCUT2D eigenvalue weighted by Crippen LogP contribution is 2.23. The van der Waals surface area contributed by atoms with Crippen molar-refractivity contribution in [2.75, 3.05) is 0 Å². The number of nitrogens with zero attached hydrogens (tertiary/aromatic N) is 1. The quantitative estimate of drug-likeness (QED) is 0.653. The van der Waals surface area contributed by atoms with Crippen LogP contribution in [0.2, 0.25) is 0 Å². The number of rotatable bonds is 4. The number of hydrogen-bond donors (Lipinski definition) is 1. The Labute approximate surface area is 119 Å². The number of carbonyl (C=O) groups excluding carboxylic acids is 2. The summed E-state index contributed by atoms with van der Waals surface area (Å²) < 4.78 is 5.45. The van der Waals surface area contributed by atoms with Crippen molar-refractivity contribution in [2.45, 2.75) is 0 Å². The molecule has 0 aliphatic rings. The van der Waals surface area contributed by atoms with Gasteiger partial charge in [-0.3, -0.25) is 4.79 Å². The molecule has 1 aromatic heterocycles. The number of primary amides is 1. The monoisotopic (exact) mass is 281 g/mol. The van der Waals surface area contributed by atoms with Gasteiger partial charge in [0.2, 0.25) is 0 Å². The van der Waals surface area contributed by atoms with Crippen LogP contribution >= 0.6 is 0 Å². The van der Waals surface area contributed by atoms with E-state index in [1.807, 2.05) is 0 Å². The third-order valence-corrected chi connectivity index (χ3v) is 2.70. The Kier molecular flexibility index (Phi) is 3.86. The smallest absolute Gasteiger partial charge is 0.259 e. The number of nitrogens with two attached hydrogens (primary N) is 1. The van der Waals surface area contributed by atoms with E-state index >= 15 is 0 Å². The minimum Gasteiger partial charge on any atom is -0.545 e. The fraction of sp³-hybridized carbons (Fsp3) is 0. The molecule has 0 aliphatic carbocycles. The van der Waals surface area contributed by atoms with Crippen molar-refractivity contribution in [2.24, 2.45) is 5.73 Å². The molecule has 0 unspecified atom stereocenters. The van der Waals surface area contributed by atoms with Crippen LogP contribution in [0, 0.1) is 11.3 Å². The molecule has 2 N–H and O–H groups in total. The normalized spacial score (nSPS) is 10.9. The van der Waals surface area contributed by atoms with Gasteiger partial charge in [-0.05, 0) is 17.7 Å². The summed E-state index contributed by atoms with van der Waals surface area (Å²) in [5.41, 5.74) is 5.52. The lowest BCUT2D eigenvalue weighted by Crippen LogP contribution is -2.21. The zero-order valence-electron chi connectivity index (χ0n) is 10.7. The molecule has 0 spiro atoms. The van der Waals surface area contributed by atoms with E-state index in [1.54, 1.807) is 30.3 Å². The van der Waals surface area contributed by atoms with Crippen LogP contribution in [0.3, 0.4) is 0 Å². The van der Waals surface area contributed by atoms with E-state index in [0.29, 0.717) is 17.1 Å². The van der Waals surface area contributed by atoms with E-state index in [-0.39, 0.29) is 11.1 Å². The maximum Gasteiger partial charge on any atom is 0.259 e. The Morgan fingerprint density at radius 3 is 2.38 bits per heavy atom. The molecule has 1 heterocycles.